The lowest BCUT2D eigenvalue weighted by Crippen LogP contribution is -2.32. The topological polar surface area (TPSA) is 108 Å². The largest absolute Gasteiger partial charge is 0.345 e. The second kappa shape index (κ2) is 8.37. The van der Waals surface area contributed by atoms with E-state index >= 15 is 4.39 Å². The van der Waals surface area contributed by atoms with Crippen molar-refractivity contribution in [2.75, 3.05) is 18.3 Å². The number of thiazole rings is 1. The number of halogens is 2. The normalized spacial score (nSPS) is 11.9. The van der Waals surface area contributed by atoms with Crippen LogP contribution in [0.5, 0.6) is 0 Å². The van der Waals surface area contributed by atoms with Crippen molar-refractivity contribution in [3.8, 4) is 10.4 Å². The third-order valence-corrected chi connectivity index (χ3v) is 7.28. The highest BCUT2D eigenvalue weighted by molar-refractivity contribution is 7.90. The highest BCUT2D eigenvalue weighted by atomic mass is 32.2. The van der Waals surface area contributed by atoms with E-state index in [2.05, 4.69) is 15.0 Å². The molecule has 12 heteroatoms. The molecule has 0 fully saturated rings. The molecule has 0 aliphatic carbocycles. The lowest BCUT2D eigenvalue weighted by Gasteiger charge is -2.17. The van der Waals surface area contributed by atoms with Crippen LogP contribution in [0.2, 0.25) is 0 Å². The van der Waals surface area contributed by atoms with Crippen LogP contribution < -0.4 is 4.72 Å². The Morgan fingerprint density at radius 2 is 2.06 bits per heavy atom. The number of aromatic amines is 1. The fraction of sp³-hybridized carbons (Fsp3) is 0.150. The molecule has 0 spiro atoms. The van der Waals surface area contributed by atoms with Gasteiger partial charge in [0.2, 0.25) is 5.78 Å². The third kappa shape index (κ3) is 3.87. The Labute approximate surface area is 186 Å². The average molecular weight is 478 g/mol. The van der Waals surface area contributed by atoms with Gasteiger partial charge in [-0.2, -0.15) is 12.7 Å². The van der Waals surface area contributed by atoms with Crippen LogP contribution in [-0.4, -0.2) is 47.1 Å². The highest BCUT2D eigenvalue weighted by Crippen LogP contribution is 2.30. The number of aromatic nitrogens is 3. The summed E-state index contributed by atoms with van der Waals surface area (Å²) in [5.41, 5.74) is 1.31. The van der Waals surface area contributed by atoms with Gasteiger partial charge < -0.3 is 4.98 Å². The Balaban J connectivity index is 1.78. The SMILES string of the molecule is CCN(C)S(=O)(=O)Nc1ccc(F)c(C(=O)c2c[nH]c3ncc(-c4cncs4)cc23)c1F. The van der Waals surface area contributed by atoms with Gasteiger partial charge in [-0.1, -0.05) is 6.92 Å². The Hall–Kier alpha value is -3.22. The lowest BCUT2D eigenvalue weighted by atomic mass is 10.0. The minimum Gasteiger partial charge on any atom is -0.345 e. The summed E-state index contributed by atoms with van der Waals surface area (Å²) in [6, 6.07) is 3.45. The van der Waals surface area contributed by atoms with Crippen molar-refractivity contribution in [3.63, 3.8) is 0 Å². The monoisotopic (exact) mass is 477 g/mol. The molecule has 0 saturated carbocycles. The molecule has 0 saturated heterocycles. The van der Waals surface area contributed by atoms with Crippen LogP contribution in [0, 0.1) is 11.6 Å². The molecule has 8 nitrogen and oxygen atoms in total. The number of anilines is 1. The van der Waals surface area contributed by atoms with Crippen molar-refractivity contribution in [1.29, 1.82) is 0 Å². The number of nitrogens with zero attached hydrogens (tertiary/aromatic N) is 3. The number of pyridine rings is 1. The summed E-state index contributed by atoms with van der Waals surface area (Å²) in [4.78, 5) is 25.0. The summed E-state index contributed by atoms with van der Waals surface area (Å²) >= 11 is 1.38. The van der Waals surface area contributed by atoms with E-state index in [-0.39, 0.29) is 12.1 Å². The summed E-state index contributed by atoms with van der Waals surface area (Å²) < 4.78 is 57.2. The van der Waals surface area contributed by atoms with Gasteiger partial charge in [-0.15, -0.1) is 11.3 Å². The number of ketones is 1. The molecular weight excluding hydrogens is 460 g/mol. The van der Waals surface area contributed by atoms with Crippen LogP contribution in [0.1, 0.15) is 22.8 Å². The van der Waals surface area contributed by atoms with Gasteiger partial charge in [-0.25, -0.2) is 13.8 Å². The summed E-state index contributed by atoms with van der Waals surface area (Å²) in [5, 5.41) is 0.372. The van der Waals surface area contributed by atoms with Crippen molar-refractivity contribution in [2.24, 2.45) is 0 Å². The zero-order chi connectivity index (χ0) is 23.0. The minimum absolute atomic E-state index is 0.00217. The van der Waals surface area contributed by atoms with Crippen LogP contribution in [0.15, 0.2) is 42.3 Å². The van der Waals surface area contributed by atoms with Gasteiger partial charge in [-0.3, -0.25) is 14.5 Å². The second-order valence-electron chi connectivity index (χ2n) is 6.82. The summed E-state index contributed by atoms with van der Waals surface area (Å²) in [5.74, 6) is -3.36. The smallest absolute Gasteiger partial charge is 0.301 e. The molecule has 2 N–H and O–H groups in total. The van der Waals surface area contributed by atoms with Crippen molar-refractivity contribution in [2.45, 2.75) is 6.92 Å². The minimum atomic E-state index is -4.07. The zero-order valence-corrected chi connectivity index (χ0v) is 18.5. The number of hydrogen-bond donors (Lipinski definition) is 2. The van der Waals surface area contributed by atoms with Crippen molar-refractivity contribution >= 4 is 44.1 Å². The van der Waals surface area contributed by atoms with E-state index in [0.29, 0.717) is 16.6 Å². The number of fused-ring (bicyclic) bond motifs is 1. The Morgan fingerprint density at radius 3 is 2.75 bits per heavy atom. The van der Waals surface area contributed by atoms with E-state index in [1.54, 1.807) is 30.9 Å². The molecule has 0 bridgehead atoms. The summed E-state index contributed by atoms with van der Waals surface area (Å²) in [6.07, 6.45) is 4.56. The first-order valence-corrected chi connectivity index (χ1v) is 11.7. The van der Waals surface area contributed by atoms with E-state index in [4.69, 9.17) is 0 Å². The Bertz CT molecular complexity index is 1420. The maximum atomic E-state index is 15.1. The van der Waals surface area contributed by atoms with Gasteiger partial charge in [0.15, 0.2) is 5.82 Å². The third-order valence-electron chi connectivity index (χ3n) is 4.91. The number of carbonyl (C=O) groups is 1. The van der Waals surface area contributed by atoms with E-state index in [0.717, 1.165) is 21.3 Å². The quantitative estimate of drug-likeness (QED) is 0.394. The predicted molar refractivity (Wildman–Crippen MR) is 118 cm³/mol. The number of carbonyl (C=O) groups excluding carboxylic acids is 1. The first-order valence-electron chi connectivity index (χ1n) is 9.35. The fourth-order valence-electron chi connectivity index (χ4n) is 3.05. The molecule has 0 aliphatic heterocycles. The van der Waals surface area contributed by atoms with Crippen molar-refractivity contribution < 1.29 is 22.0 Å². The first kappa shape index (κ1) is 22.0. The van der Waals surface area contributed by atoms with Crippen molar-refractivity contribution in [3.05, 3.63) is 65.1 Å². The first-order chi connectivity index (χ1) is 15.2. The van der Waals surface area contributed by atoms with Gasteiger partial charge in [-0.05, 0) is 18.2 Å². The van der Waals surface area contributed by atoms with Crippen LogP contribution in [0.3, 0.4) is 0 Å². The van der Waals surface area contributed by atoms with Crippen LogP contribution in [0.25, 0.3) is 21.5 Å². The maximum Gasteiger partial charge on any atom is 0.301 e. The van der Waals surface area contributed by atoms with Gasteiger partial charge in [0.05, 0.1) is 21.6 Å². The molecule has 4 aromatic rings. The summed E-state index contributed by atoms with van der Waals surface area (Å²) in [7, 11) is -2.77. The molecule has 4 rings (SSSR count). The predicted octanol–water partition coefficient (Wildman–Crippen LogP) is 3.80. The number of H-pyrrole nitrogens is 1. The van der Waals surface area contributed by atoms with E-state index in [1.807, 2.05) is 4.72 Å². The molecule has 0 unspecified atom stereocenters. The molecule has 3 aromatic heterocycles. The van der Waals surface area contributed by atoms with Crippen LogP contribution in [0.4, 0.5) is 14.5 Å². The van der Waals surface area contributed by atoms with E-state index < -0.39 is 38.9 Å². The lowest BCUT2D eigenvalue weighted by molar-refractivity contribution is 0.103. The van der Waals surface area contributed by atoms with Gasteiger partial charge in [0.25, 0.3) is 0 Å². The van der Waals surface area contributed by atoms with Crippen LogP contribution in [-0.2, 0) is 10.2 Å². The maximum absolute atomic E-state index is 15.1. The Kier molecular flexibility index (Phi) is 5.75. The van der Waals surface area contributed by atoms with E-state index in [1.165, 1.54) is 24.6 Å². The van der Waals surface area contributed by atoms with Gasteiger partial charge in [0, 0.05) is 48.7 Å². The molecule has 1 aromatic carbocycles. The van der Waals surface area contributed by atoms with E-state index in [9.17, 15) is 17.6 Å². The van der Waals surface area contributed by atoms with Crippen LogP contribution >= 0.6 is 11.3 Å². The van der Waals surface area contributed by atoms with Crippen molar-refractivity contribution in [1.82, 2.24) is 19.3 Å². The molecule has 32 heavy (non-hydrogen) atoms. The molecule has 166 valence electrons. The fourth-order valence-corrected chi connectivity index (χ4v) is 4.58. The molecule has 0 radical (unpaired) electrons. The second-order valence-corrected chi connectivity index (χ2v) is 9.49. The number of rotatable bonds is 7. The average Bonchev–Trinajstić information content (AvgIpc) is 3.44. The number of nitrogens with one attached hydrogen (secondary N) is 2. The molecule has 3 heterocycles. The standard InChI is InChI=1S/C20H17F2N5O3S2/c1-3-27(2)32(29,30)26-15-5-4-14(21)17(18(15)22)19(28)13-8-25-20-12(13)6-11(7-24-20)16-9-23-10-31-16/h4-10,26H,3H2,1-2H3,(H,24,25). The Morgan fingerprint density at radius 1 is 1.28 bits per heavy atom. The highest BCUT2D eigenvalue weighted by Gasteiger charge is 2.27. The van der Waals surface area contributed by atoms with Gasteiger partial charge >= 0.3 is 10.2 Å². The molecular formula is C20H17F2N5O3S2. The summed E-state index contributed by atoms with van der Waals surface area (Å²) in [6.45, 7) is 1.73. The van der Waals surface area contributed by atoms with Gasteiger partial charge in [0.1, 0.15) is 11.5 Å². The molecule has 0 atom stereocenters. The number of hydrogen-bond acceptors (Lipinski definition) is 6. The molecule has 0 aliphatic rings. The molecule has 0 amide bonds. The number of benzene rings is 1. The zero-order valence-electron chi connectivity index (χ0n) is 16.9.